The molecule has 1 amide bonds. The zero-order valence-electron chi connectivity index (χ0n) is 16.3. The average molecular weight is 410 g/mol. The van der Waals surface area contributed by atoms with Gasteiger partial charge in [-0.3, -0.25) is 9.00 Å². The van der Waals surface area contributed by atoms with Crippen molar-refractivity contribution >= 4 is 22.4 Å². The third-order valence-electron chi connectivity index (χ3n) is 5.01. The van der Waals surface area contributed by atoms with E-state index in [2.05, 4.69) is 5.16 Å². The van der Waals surface area contributed by atoms with E-state index < -0.39 is 10.8 Å². The minimum absolute atomic E-state index is 0.0522. The van der Waals surface area contributed by atoms with Gasteiger partial charge in [-0.25, -0.2) is 0 Å². The van der Waals surface area contributed by atoms with E-state index in [9.17, 15) is 9.00 Å². The van der Waals surface area contributed by atoms with Crippen molar-refractivity contribution in [2.45, 2.75) is 25.1 Å². The number of methoxy groups -OCH3 is 1. The van der Waals surface area contributed by atoms with Crippen LogP contribution < -0.4 is 9.64 Å². The van der Waals surface area contributed by atoms with Gasteiger partial charge < -0.3 is 14.2 Å². The Morgan fingerprint density at radius 1 is 1.24 bits per heavy atom. The molecule has 0 radical (unpaired) electrons. The molecule has 0 fully saturated rings. The monoisotopic (exact) mass is 410 g/mol. The highest BCUT2D eigenvalue weighted by atomic mass is 32.2. The van der Waals surface area contributed by atoms with Crippen LogP contribution in [-0.4, -0.2) is 34.2 Å². The van der Waals surface area contributed by atoms with Gasteiger partial charge in [-0.1, -0.05) is 35.5 Å². The first kappa shape index (κ1) is 19.4. The minimum atomic E-state index is -1.40. The van der Waals surface area contributed by atoms with Crippen molar-refractivity contribution < 1.29 is 18.3 Å². The lowest BCUT2D eigenvalue weighted by molar-refractivity contribution is -0.116. The quantitative estimate of drug-likeness (QED) is 0.621. The SMILES string of the molecule is COc1ccccc1-c1cc(C[S@](=O)CC(=O)N2c3ccccc3C[C@@H]2C)on1. The maximum Gasteiger partial charge on any atom is 0.239 e. The number of hydrogen-bond donors (Lipinski definition) is 0. The second-order valence-electron chi connectivity index (χ2n) is 7.05. The average Bonchev–Trinajstić information content (AvgIpc) is 3.30. The smallest absolute Gasteiger partial charge is 0.239 e. The second kappa shape index (κ2) is 8.21. The summed E-state index contributed by atoms with van der Waals surface area (Å²) < 4.78 is 23.3. The van der Waals surface area contributed by atoms with Gasteiger partial charge in [0, 0.05) is 34.2 Å². The van der Waals surface area contributed by atoms with Gasteiger partial charge in [0.15, 0.2) is 0 Å². The lowest BCUT2D eigenvalue weighted by Crippen LogP contribution is -2.38. The Labute approximate surface area is 171 Å². The topological polar surface area (TPSA) is 72.6 Å². The van der Waals surface area contributed by atoms with E-state index in [0.717, 1.165) is 23.2 Å². The summed E-state index contributed by atoms with van der Waals surface area (Å²) in [5.74, 6) is 1.11. The molecule has 0 spiro atoms. The van der Waals surface area contributed by atoms with Crippen LogP contribution in [0.15, 0.2) is 59.1 Å². The van der Waals surface area contributed by atoms with Gasteiger partial charge in [0.1, 0.15) is 23.0 Å². The molecule has 0 saturated heterocycles. The molecule has 1 aromatic heterocycles. The zero-order chi connectivity index (χ0) is 20.4. The lowest BCUT2D eigenvalue weighted by atomic mass is 10.1. The summed E-state index contributed by atoms with van der Waals surface area (Å²) in [5.41, 5.74) is 3.48. The Morgan fingerprint density at radius 3 is 2.83 bits per heavy atom. The van der Waals surface area contributed by atoms with E-state index in [1.807, 2.05) is 55.5 Å². The van der Waals surface area contributed by atoms with Crippen LogP contribution in [0, 0.1) is 0 Å². The van der Waals surface area contributed by atoms with Gasteiger partial charge in [-0.2, -0.15) is 0 Å². The van der Waals surface area contributed by atoms with E-state index in [4.69, 9.17) is 9.26 Å². The summed E-state index contributed by atoms with van der Waals surface area (Å²) in [6, 6.07) is 17.2. The predicted octanol–water partition coefficient (Wildman–Crippen LogP) is 3.58. The van der Waals surface area contributed by atoms with Crippen molar-refractivity contribution in [2.24, 2.45) is 0 Å². The predicted molar refractivity (Wildman–Crippen MR) is 112 cm³/mol. The van der Waals surface area contributed by atoms with Crippen molar-refractivity contribution in [3.8, 4) is 17.0 Å². The summed E-state index contributed by atoms with van der Waals surface area (Å²) >= 11 is 0. The molecule has 0 N–H and O–H groups in total. The van der Waals surface area contributed by atoms with Crippen LogP contribution in [0.25, 0.3) is 11.3 Å². The molecule has 4 rings (SSSR count). The molecule has 29 heavy (non-hydrogen) atoms. The molecule has 1 aliphatic heterocycles. The zero-order valence-corrected chi connectivity index (χ0v) is 17.1. The number of anilines is 1. The summed E-state index contributed by atoms with van der Waals surface area (Å²) in [7, 11) is 0.200. The number of ether oxygens (including phenoxy) is 1. The van der Waals surface area contributed by atoms with Gasteiger partial charge in [0.2, 0.25) is 5.91 Å². The normalized spacial score (nSPS) is 16.5. The first-order valence-corrected chi connectivity index (χ1v) is 10.9. The maximum atomic E-state index is 12.8. The standard InChI is InChI=1S/C22H22N2O4S/c1-15-11-16-7-3-5-9-20(16)24(15)22(25)14-29(26)13-17-12-19(23-28-17)18-8-4-6-10-21(18)27-2/h3-10,12,15H,11,13-14H2,1-2H3/t15-,29-/m0/s1. The minimum Gasteiger partial charge on any atom is -0.496 e. The molecular formula is C22H22N2O4S. The fourth-order valence-corrected chi connectivity index (χ4v) is 4.70. The molecule has 150 valence electrons. The molecule has 0 bridgehead atoms. The number of rotatable bonds is 6. The number of carbonyl (C=O) groups is 1. The number of aromatic nitrogens is 1. The number of para-hydroxylation sites is 2. The van der Waals surface area contributed by atoms with E-state index >= 15 is 0 Å². The molecule has 6 nitrogen and oxygen atoms in total. The Kier molecular flexibility index (Phi) is 5.49. The number of fused-ring (bicyclic) bond motifs is 1. The maximum absolute atomic E-state index is 12.8. The van der Waals surface area contributed by atoms with Crippen molar-refractivity contribution in [1.29, 1.82) is 0 Å². The molecule has 1 aliphatic rings. The summed E-state index contributed by atoms with van der Waals surface area (Å²) in [6.45, 7) is 2.01. The number of hydrogen-bond acceptors (Lipinski definition) is 5. The van der Waals surface area contributed by atoms with Crippen LogP contribution in [-0.2, 0) is 27.8 Å². The summed E-state index contributed by atoms with van der Waals surface area (Å²) in [6.07, 6.45) is 0.818. The van der Waals surface area contributed by atoms with Crippen LogP contribution in [0.3, 0.4) is 0 Å². The van der Waals surface area contributed by atoms with Gasteiger partial charge >= 0.3 is 0 Å². The largest absolute Gasteiger partial charge is 0.496 e. The molecule has 0 aliphatic carbocycles. The van der Waals surface area contributed by atoms with E-state index in [1.165, 1.54) is 0 Å². The number of nitrogens with zero attached hydrogens (tertiary/aromatic N) is 2. The van der Waals surface area contributed by atoms with Gasteiger partial charge in [-0.15, -0.1) is 0 Å². The molecule has 7 heteroatoms. The first-order valence-electron chi connectivity index (χ1n) is 9.40. The third-order valence-corrected chi connectivity index (χ3v) is 6.18. The molecule has 2 atom stereocenters. The van der Waals surface area contributed by atoms with Crippen LogP contribution >= 0.6 is 0 Å². The fraction of sp³-hybridized carbons (Fsp3) is 0.273. The number of benzene rings is 2. The fourth-order valence-electron chi connectivity index (χ4n) is 3.73. The Hall–Kier alpha value is -2.93. The Morgan fingerprint density at radius 2 is 2.00 bits per heavy atom. The Bertz CT molecular complexity index is 1060. The van der Waals surface area contributed by atoms with Crippen LogP contribution in [0.2, 0.25) is 0 Å². The second-order valence-corrected chi connectivity index (χ2v) is 8.51. The lowest BCUT2D eigenvalue weighted by Gasteiger charge is -2.22. The van der Waals surface area contributed by atoms with E-state index in [1.54, 1.807) is 18.1 Å². The van der Waals surface area contributed by atoms with Gasteiger partial charge in [0.05, 0.1) is 12.9 Å². The molecular weight excluding hydrogens is 388 g/mol. The van der Waals surface area contributed by atoms with Gasteiger partial charge in [-0.05, 0) is 37.1 Å². The molecule has 0 unspecified atom stereocenters. The van der Waals surface area contributed by atoms with Crippen molar-refractivity contribution in [3.05, 3.63) is 65.9 Å². The Balaban J connectivity index is 1.43. The molecule has 2 heterocycles. The van der Waals surface area contributed by atoms with E-state index in [-0.39, 0.29) is 23.5 Å². The highest BCUT2D eigenvalue weighted by molar-refractivity contribution is 7.84. The van der Waals surface area contributed by atoms with Gasteiger partial charge in [0.25, 0.3) is 0 Å². The van der Waals surface area contributed by atoms with Crippen molar-refractivity contribution in [1.82, 2.24) is 5.16 Å². The summed E-state index contributed by atoms with van der Waals surface area (Å²) in [5, 5.41) is 4.06. The third kappa shape index (κ3) is 3.96. The molecule has 0 saturated carbocycles. The van der Waals surface area contributed by atoms with E-state index in [0.29, 0.717) is 17.2 Å². The van der Waals surface area contributed by atoms with Crippen LogP contribution in [0.5, 0.6) is 5.75 Å². The number of carbonyl (C=O) groups excluding carboxylic acids is 1. The highest BCUT2D eigenvalue weighted by Crippen LogP contribution is 2.32. The molecule has 2 aromatic carbocycles. The number of amides is 1. The molecule has 3 aromatic rings. The summed E-state index contributed by atoms with van der Waals surface area (Å²) in [4.78, 5) is 14.6. The van der Waals surface area contributed by atoms with Crippen molar-refractivity contribution in [2.75, 3.05) is 17.8 Å². The van der Waals surface area contributed by atoms with Crippen LogP contribution in [0.1, 0.15) is 18.2 Å². The first-order chi connectivity index (χ1) is 14.1. The van der Waals surface area contributed by atoms with Crippen LogP contribution in [0.4, 0.5) is 5.69 Å². The van der Waals surface area contributed by atoms with Crippen molar-refractivity contribution in [3.63, 3.8) is 0 Å². The highest BCUT2D eigenvalue weighted by Gasteiger charge is 2.31.